The minimum atomic E-state index is -0.100. The van der Waals surface area contributed by atoms with Crippen LogP contribution < -0.4 is 10.6 Å². The first-order valence-corrected chi connectivity index (χ1v) is 7.66. The molecule has 0 bridgehead atoms. The summed E-state index contributed by atoms with van der Waals surface area (Å²) in [5, 5.41) is 15.1. The molecule has 0 radical (unpaired) electrons. The average Bonchev–Trinajstić information content (AvgIpc) is 2.31. The summed E-state index contributed by atoms with van der Waals surface area (Å²) < 4.78 is 0. The molecule has 0 aromatic carbocycles. The van der Waals surface area contributed by atoms with Crippen molar-refractivity contribution in [3.63, 3.8) is 0 Å². The fourth-order valence-electron chi connectivity index (χ4n) is 2.21. The second kappa shape index (κ2) is 7.82. The molecule has 1 aliphatic rings. The molecule has 100 valence electrons. The quantitative estimate of drug-likeness (QED) is 0.705. The van der Waals surface area contributed by atoms with E-state index in [1.165, 1.54) is 19.3 Å². The van der Waals surface area contributed by atoms with Gasteiger partial charge >= 0.3 is 6.03 Å². The molecule has 2 atom stereocenters. The summed E-state index contributed by atoms with van der Waals surface area (Å²) in [5.41, 5.74) is 0. The third-order valence-corrected chi connectivity index (χ3v) is 4.50. The van der Waals surface area contributed by atoms with Gasteiger partial charge in [-0.2, -0.15) is 11.8 Å². The highest BCUT2D eigenvalue weighted by Gasteiger charge is 2.20. The molecule has 17 heavy (non-hydrogen) atoms. The van der Waals surface area contributed by atoms with Gasteiger partial charge in [0, 0.05) is 17.3 Å². The summed E-state index contributed by atoms with van der Waals surface area (Å²) in [6, 6.07) is 0.216. The highest BCUT2D eigenvalue weighted by molar-refractivity contribution is 7.99. The van der Waals surface area contributed by atoms with Crippen molar-refractivity contribution in [1.29, 1.82) is 0 Å². The molecule has 4 nitrogen and oxygen atoms in total. The van der Waals surface area contributed by atoms with E-state index in [1.807, 2.05) is 13.2 Å². The maximum Gasteiger partial charge on any atom is 0.315 e. The molecule has 5 heteroatoms. The molecule has 2 amide bonds. The Balaban J connectivity index is 2.27. The van der Waals surface area contributed by atoms with Gasteiger partial charge in [-0.3, -0.25) is 0 Å². The van der Waals surface area contributed by atoms with Crippen molar-refractivity contribution >= 4 is 17.8 Å². The molecule has 0 aliphatic heterocycles. The molecule has 1 aliphatic carbocycles. The van der Waals surface area contributed by atoms with Crippen molar-refractivity contribution < 1.29 is 9.90 Å². The molecule has 3 N–H and O–H groups in total. The topological polar surface area (TPSA) is 61.4 Å². The first-order valence-electron chi connectivity index (χ1n) is 6.38. The monoisotopic (exact) mass is 260 g/mol. The number of carbonyl (C=O) groups excluding carboxylic acids is 1. The molecule has 1 saturated carbocycles. The van der Waals surface area contributed by atoms with Crippen LogP contribution >= 0.6 is 11.8 Å². The van der Waals surface area contributed by atoms with Crippen molar-refractivity contribution in [2.45, 2.75) is 56.4 Å². The minimum absolute atomic E-state index is 0.0152. The normalized spacial score (nSPS) is 20.6. The van der Waals surface area contributed by atoms with Crippen molar-refractivity contribution in [1.82, 2.24) is 10.6 Å². The Morgan fingerprint density at radius 1 is 1.41 bits per heavy atom. The van der Waals surface area contributed by atoms with E-state index in [1.54, 1.807) is 11.8 Å². The number of aliphatic hydroxyl groups is 1. The van der Waals surface area contributed by atoms with Crippen LogP contribution in [0.1, 0.15) is 39.0 Å². The van der Waals surface area contributed by atoms with Crippen molar-refractivity contribution in [2.75, 3.05) is 12.9 Å². The van der Waals surface area contributed by atoms with Crippen LogP contribution in [0.4, 0.5) is 4.79 Å². The van der Waals surface area contributed by atoms with E-state index in [0.717, 1.165) is 12.8 Å². The summed E-state index contributed by atoms with van der Waals surface area (Å²) >= 11 is 1.57. The number of nitrogens with one attached hydrogen (secondary N) is 2. The van der Waals surface area contributed by atoms with Crippen molar-refractivity contribution in [3.8, 4) is 0 Å². The Bertz CT molecular complexity index is 229. The van der Waals surface area contributed by atoms with E-state index in [0.29, 0.717) is 6.04 Å². The summed E-state index contributed by atoms with van der Waals surface area (Å²) in [4.78, 5) is 11.7. The van der Waals surface area contributed by atoms with Gasteiger partial charge in [-0.15, -0.1) is 0 Å². The molecule has 0 heterocycles. The van der Waals surface area contributed by atoms with Crippen LogP contribution in [0.15, 0.2) is 0 Å². The second-order valence-corrected chi connectivity index (χ2v) is 5.78. The van der Waals surface area contributed by atoms with E-state index in [-0.39, 0.29) is 23.9 Å². The van der Waals surface area contributed by atoms with E-state index in [4.69, 9.17) is 5.11 Å². The maximum absolute atomic E-state index is 11.7. The smallest absolute Gasteiger partial charge is 0.315 e. The minimum Gasteiger partial charge on any atom is -0.395 e. The van der Waals surface area contributed by atoms with Crippen LogP contribution in [0.25, 0.3) is 0 Å². The Kier molecular flexibility index (Phi) is 6.73. The standard InChI is InChI=1S/C12H24N2O2S/c1-9(11(8-15)17-2)13-12(16)14-10-6-4-3-5-7-10/h9-11,15H,3-8H2,1-2H3,(H2,13,14,16). The highest BCUT2D eigenvalue weighted by atomic mass is 32.2. The van der Waals surface area contributed by atoms with Crippen molar-refractivity contribution in [3.05, 3.63) is 0 Å². The largest absolute Gasteiger partial charge is 0.395 e. The number of aliphatic hydroxyl groups excluding tert-OH is 1. The highest BCUT2D eigenvalue weighted by Crippen LogP contribution is 2.17. The lowest BCUT2D eigenvalue weighted by molar-refractivity contribution is 0.225. The molecule has 0 aromatic rings. The van der Waals surface area contributed by atoms with Crippen LogP contribution in [0.2, 0.25) is 0 Å². The number of amides is 2. The van der Waals surface area contributed by atoms with Gasteiger partial charge < -0.3 is 15.7 Å². The molecular formula is C12H24N2O2S. The number of carbonyl (C=O) groups is 1. The van der Waals surface area contributed by atoms with Gasteiger partial charge in [0.15, 0.2) is 0 Å². The maximum atomic E-state index is 11.7. The van der Waals surface area contributed by atoms with Crippen LogP contribution in [-0.2, 0) is 0 Å². The second-order valence-electron chi connectivity index (χ2n) is 4.70. The number of hydrogen-bond acceptors (Lipinski definition) is 3. The zero-order chi connectivity index (χ0) is 12.7. The van der Waals surface area contributed by atoms with Crippen LogP contribution in [0, 0.1) is 0 Å². The van der Waals surface area contributed by atoms with E-state index < -0.39 is 0 Å². The van der Waals surface area contributed by atoms with E-state index >= 15 is 0 Å². The Labute approximate surface area is 108 Å². The molecule has 0 aromatic heterocycles. The fourth-order valence-corrected chi connectivity index (χ4v) is 2.84. The van der Waals surface area contributed by atoms with Crippen LogP contribution in [-0.4, -0.2) is 41.3 Å². The number of urea groups is 1. The molecule has 2 unspecified atom stereocenters. The number of hydrogen-bond donors (Lipinski definition) is 3. The van der Waals surface area contributed by atoms with Gasteiger partial charge in [-0.05, 0) is 26.0 Å². The van der Waals surface area contributed by atoms with Gasteiger partial charge in [-0.1, -0.05) is 19.3 Å². The molecule has 1 fully saturated rings. The molecular weight excluding hydrogens is 236 g/mol. The lowest BCUT2D eigenvalue weighted by Crippen LogP contribution is -2.49. The predicted molar refractivity (Wildman–Crippen MR) is 72.4 cm³/mol. The van der Waals surface area contributed by atoms with Gasteiger partial charge in [0.05, 0.1) is 6.61 Å². The van der Waals surface area contributed by atoms with E-state index in [2.05, 4.69) is 10.6 Å². The van der Waals surface area contributed by atoms with Gasteiger partial charge in [0.25, 0.3) is 0 Å². The lowest BCUT2D eigenvalue weighted by Gasteiger charge is -2.26. The molecule has 1 rings (SSSR count). The fraction of sp³-hybridized carbons (Fsp3) is 0.917. The number of rotatable bonds is 5. The van der Waals surface area contributed by atoms with Crippen LogP contribution in [0.3, 0.4) is 0 Å². The number of thioether (sulfide) groups is 1. The molecule has 0 spiro atoms. The lowest BCUT2D eigenvalue weighted by atomic mass is 9.96. The van der Waals surface area contributed by atoms with Gasteiger partial charge in [0.1, 0.15) is 0 Å². The van der Waals surface area contributed by atoms with Crippen LogP contribution in [0.5, 0.6) is 0 Å². The average molecular weight is 260 g/mol. The van der Waals surface area contributed by atoms with Gasteiger partial charge in [-0.25, -0.2) is 4.79 Å². The Morgan fingerprint density at radius 2 is 2.06 bits per heavy atom. The Morgan fingerprint density at radius 3 is 2.59 bits per heavy atom. The van der Waals surface area contributed by atoms with Gasteiger partial charge in [0.2, 0.25) is 0 Å². The first kappa shape index (κ1) is 14.6. The summed E-state index contributed by atoms with van der Waals surface area (Å²) in [6.07, 6.45) is 7.84. The zero-order valence-corrected chi connectivity index (χ0v) is 11.6. The third kappa shape index (κ3) is 5.17. The van der Waals surface area contributed by atoms with Crippen molar-refractivity contribution in [2.24, 2.45) is 0 Å². The summed E-state index contributed by atoms with van der Waals surface area (Å²) in [5.74, 6) is 0. The SMILES string of the molecule is CSC(CO)C(C)NC(=O)NC1CCCCC1. The molecule has 0 saturated heterocycles. The summed E-state index contributed by atoms with van der Waals surface area (Å²) in [6.45, 7) is 2.02. The first-order chi connectivity index (χ1) is 8.17. The zero-order valence-electron chi connectivity index (χ0n) is 10.7. The van der Waals surface area contributed by atoms with E-state index in [9.17, 15) is 4.79 Å². The Hall–Kier alpha value is -0.420. The summed E-state index contributed by atoms with van der Waals surface area (Å²) in [7, 11) is 0. The predicted octanol–water partition coefficient (Wildman–Crippen LogP) is 1.73. The third-order valence-electron chi connectivity index (χ3n) is 3.34.